The lowest BCUT2D eigenvalue weighted by molar-refractivity contribution is -0.0367. The summed E-state index contributed by atoms with van der Waals surface area (Å²) in [4.78, 5) is 0. The van der Waals surface area contributed by atoms with Crippen LogP contribution >= 0.6 is 0 Å². The van der Waals surface area contributed by atoms with Crippen molar-refractivity contribution in [3.63, 3.8) is 0 Å². The van der Waals surface area contributed by atoms with Crippen molar-refractivity contribution in [3.8, 4) is 17.9 Å². The second-order valence-corrected chi connectivity index (χ2v) is 6.04. The summed E-state index contributed by atoms with van der Waals surface area (Å²) in [5.74, 6) is 6.29. The minimum absolute atomic E-state index is 0.0857. The summed E-state index contributed by atoms with van der Waals surface area (Å²) in [6, 6.07) is 17.7. The number of hydrogen-bond acceptors (Lipinski definition) is 3. The Labute approximate surface area is 146 Å². The van der Waals surface area contributed by atoms with Crippen LogP contribution < -0.4 is 0 Å². The number of fused-ring (bicyclic) bond motifs is 1. The summed E-state index contributed by atoms with van der Waals surface area (Å²) in [6.07, 6.45) is 3.05. The molecule has 0 bridgehead atoms. The number of nitriles is 1. The third kappa shape index (κ3) is 3.01. The van der Waals surface area contributed by atoms with E-state index >= 15 is 0 Å². The standard InChI is InChI=1S/C21H17N3O/c22-15-17-9-6-10-19-21(17)18(13-12-16-7-2-1-3-8-16)23-24(19)20-11-4-5-14-25-20/h1-3,6-10,20H,4-5,11,14H2. The highest BCUT2D eigenvalue weighted by atomic mass is 16.5. The zero-order chi connectivity index (χ0) is 17.1. The average molecular weight is 327 g/mol. The molecule has 0 saturated carbocycles. The lowest BCUT2D eigenvalue weighted by Crippen LogP contribution is -2.19. The van der Waals surface area contributed by atoms with Crippen molar-refractivity contribution in [2.24, 2.45) is 0 Å². The van der Waals surface area contributed by atoms with E-state index in [2.05, 4.69) is 17.9 Å². The van der Waals surface area contributed by atoms with Gasteiger partial charge in [-0.3, -0.25) is 0 Å². The van der Waals surface area contributed by atoms with E-state index in [0.29, 0.717) is 11.3 Å². The van der Waals surface area contributed by atoms with Crippen LogP contribution in [0.2, 0.25) is 0 Å². The minimum Gasteiger partial charge on any atom is -0.356 e. The molecule has 122 valence electrons. The third-order valence-corrected chi connectivity index (χ3v) is 4.38. The van der Waals surface area contributed by atoms with Crippen LogP contribution in [0.3, 0.4) is 0 Å². The smallest absolute Gasteiger partial charge is 0.150 e. The zero-order valence-corrected chi connectivity index (χ0v) is 13.8. The molecule has 4 nitrogen and oxygen atoms in total. The molecule has 0 radical (unpaired) electrons. The summed E-state index contributed by atoms with van der Waals surface area (Å²) in [5, 5.41) is 15.0. The lowest BCUT2D eigenvalue weighted by atomic mass is 10.1. The van der Waals surface area contributed by atoms with Gasteiger partial charge in [0, 0.05) is 12.2 Å². The Morgan fingerprint density at radius 1 is 1.04 bits per heavy atom. The van der Waals surface area contributed by atoms with Crippen molar-refractivity contribution in [2.75, 3.05) is 6.61 Å². The normalized spacial score (nSPS) is 16.8. The number of rotatable bonds is 1. The van der Waals surface area contributed by atoms with E-state index in [9.17, 15) is 5.26 Å². The van der Waals surface area contributed by atoms with Crippen LogP contribution in [0.1, 0.15) is 42.3 Å². The van der Waals surface area contributed by atoms with Gasteiger partial charge in [0.1, 0.15) is 5.69 Å². The number of benzene rings is 2. The van der Waals surface area contributed by atoms with Gasteiger partial charge in [0.25, 0.3) is 0 Å². The van der Waals surface area contributed by atoms with Crippen LogP contribution in [0, 0.1) is 23.2 Å². The fourth-order valence-electron chi connectivity index (χ4n) is 3.16. The number of nitrogens with zero attached hydrogens (tertiary/aromatic N) is 3. The van der Waals surface area contributed by atoms with Gasteiger partial charge in [-0.2, -0.15) is 10.4 Å². The Hall–Kier alpha value is -3.08. The molecule has 2 aromatic carbocycles. The monoisotopic (exact) mass is 327 g/mol. The van der Waals surface area contributed by atoms with E-state index in [1.54, 1.807) is 0 Å². The van der Waals surface area contributed by atoms with E-state index < -0.39 is 0 Å². The van der Waals surface area contributed by atoms with Crippen LogP contribution in [0.25, 0.3) is 10.9 Å². The zero-order valence-electron chi connectivity index (χ0n) is 13.8. The van der Waals surface area contributed by atoms with Crippen LogP contribution in [0.4, 0.5) is 0 Å². The summed E-state index contributed by atoms with van der Waals surface area (Å²) >= 11 is 0. The van der Waals surface area contributed by atoms with E-state index in [4.69, 9.17) is 9.84 Å². The molecule has 1 fully saturated rings. The van der Waals surface area contributed by atoms with Gasteiger partial charge in [-0.15, -0.1) is 0 Å². The molecule has 0 aliphatic carbocycles. The molecule has 1 aliphatic rings. The van der Waals surface area contributed by atoms with Gasteiger partial charge in [0.05, 0.1) is 22.5 Å². The second kappa shape index (κ2) is 6.81. The molecule has 2 heterocycles. The van der Waals surface area contributed by atoms with Crippen molar-refractivity contribution in [1.82, 2.24) is 9.78 Å². The molecule has 0 spiro atoms. The van der Waals surface area contributed by atoms with Crippen LogP contribution in [0.5, 0.6) is 0 Å². The Morgan fingerprint density at radius 3 is 2.68 bits per heavy atom. The molecule has 1 atom stereocenters. The van der Waals surface area contributed by atoms with Gasteiger partial charge in [-0.25, -0.2) is 4.68 Å². The van der Waals surface area contributed by atoms with Gasteiger partial charge >= 0.3 is 0 Å². The van der Waals surface area contributed by atoms with Gasteiger partial charge < -0.3 is 4.74 Å². The molecule has 3 aromatic rings. The largest absolute Gasteiger partial charge is 0.356 e. The van der Waals surface area contributed by atoms with Gasteiger partial charge in [-0.05, 0) is 49.4 Å². The van der Waals surface area contributed by atoms with Crippen molar-refractivity contribution >= 4 is 10.9 Å². The quantitative estimate of drug-likeness (QED) is 0.635. The van der Waals surface area contributed by atoms with Crippen molar-refractivity contribution in [2.45, 2.75) is 25.5 Å². The van der Waals surface area contributed by atoms with E-state index in [-0.39, 0.29) is 6.23 Å². The van der Waals surface area contributed by atoms with Gasteiger partial charge in [0.2, 0.25) is 0 Å². The number of hydrogen-bond donors (Lipinski definition) is 0. The summed E-state index contributed by atoms with van der Waals surface area (Å²) in [7, 11) is 0. The molecule has 4 heteroatoms. The third-order valence-electron chi connectivity index (χ3n) is 4.38. The summed E-state index contributed by atoms with van der Waals surface area (Å²) in [5.41, 5.74) is 3.05. The topological polar surface area (TPSA) is 50.8 Å². The molecule has 4 rings (SSSR count). The highest BCUT2D eigenvalue weighted by Gasteiger charge is 2.21. The van der Waals surface area contributed by atoms with Gasteiger partial charge in [-0.1, -0.05) is 30.2 Å². The first kappa shape index (κ1) is 15.4. The molecule has 1 saturated heterocycles. The molecule has 0 N–H and O–H groups in total. The highest BCUT2D eigenvalue weighted by molar-refractivity contribution is 5.90. The van der Waals surface area contributed by atoms with E-state index in [1.807, 2.05) is 53.2 Å². The Kier molecular flexibility index (Phi) is 4.21. The van der Waals surface area contributed by atoms with Gasteiger partial charge in [0.15, 0.2) is 6.23 Å². The molecule has 25 heavy (non-hydrogen) atoms. The van der Waals surface area contributed by atoms with Crippen LogP contribution in [-0.2, 0) is 4.74 Å². The SMILES string of the molecule is N#Cc1cccc2c1c(C#Cc1ccccc1)nn2C1CCCCO1. The molecular weight excluding hydrogens is 310 g/mol. The van der Waals surface area contributed by atoms with Crippen molar-refractivity contribution < 1.29 is 4.74 Å². The summed E-state index contributed by atoms with van der Waals surface area (Å²) in [6.45, 7) is 0.745. The van der Waals surface area contributed by atoms with Crippen molar-refractivity contribution in [3.05, 3.63) is 65.4 Å². The predicted molar refractivity (Wildman–Crippen MR) is 95.7 cm³/mol. The first-order valence-corrected chi connectivity index (χ1v) is 8.47. The highest BCUT2D eigenvalue weighted by Crippen LogP contribution is 2.29. The summed E-state index contributed by atoms with van der Waals surface area (Å²) < 4.78 is 7.78. The fourth-order valence-corrected chi connectivity index (χ4v) is 3.16. The van der Waals surface area contributed by atoms with Crippen LogP contribution in [0.15, 0.2) is 48.5 Å². The van der Waals surface area contributed by atoms with E-state index in [1.165, 1.54) is 0 Å². The first-order valence-electron chi connectivity index (χ1n) is 8.47. The average Bonchev–Trinajstić information content (AvgIpc) is 3.07. The molecule has 1 unspecified atom stereocenters. The second-order valence-electron chi connectivity index (χ2n) is 6.04. The van der Waals surface area contributed by atoms with E-state index in [0.717, 1.165) is 42.3 Å². The Balaban J connectivity index is 1.86. The van der Waals surface area contributed by atoms with Crippen molar-refractivity contribution in [1.29, 1.82) is 5.26 Å². The molecule has 0 amide bonds. The first-order chi connectivity index (χ1) is 12.4. The Bertz CT molecular complexity index is 997. The predicted octanol–water partition coefficient (Wildman–Crippen LogP) is 4.01. The maximum atomic E-state index is 9.50. The molecule has 1 aliphatic heterocycles. The fraction of sp³-hybridized carbons (Fsp3) is 0.238. The number of ether oxygens (including phenoxy) is 1. The number of aromatic nitrogens is 2. The lowest BCUT2D eigenvalue weighted by Gasteiger charge is -2.23. The molecule has 1 aromatic heterocycles. The minimum atomic E-state index is -0.0857. The molecular formula is C21H17N3O. The Morgan fingerprint density at radius 2 is 1.92 bits per heavy atom. The van der Waals surface area contributed by atoms with Crippen LogP contribution in [-0.4, -0.2) is 16.4 Å². The maximum absolute atomic E-state index is 9.50. The maximum Gasteiger partial charge on any atom is 0.150 e.